The van der Waals surface area contributed by atoms with Crippen LogP contribution >= 0.6 is 0 Å². The lowest BCUT2D eigenvalue weighted by Crippen LogP contribution is -2.23. The molecule has 0 spiro atoms. The maximum Gasteiger partial charge on any atom is 0.0623 e. The highest BCUT2D eigenvalue weighted by atomic mass is 16.5. The van der Waals surface area contributed by atoms with E-state index in [4.69, 9.17) is 4.74 Å². The Morgan fingerprint density at radius 3 is 0.933 bits per heavy atom. The fraction of sp³-hybridized carbons (Fsp3) is 1.00. The summed E-state index contributed by atoms with van der Waals surface area (Å²) in [5.74, 6) is 0. The molecule has 0 atom stereocenters. The number of rotatable bonds is 25. The SMILES string of the molecule is CCCCCCCCCCCCCCCCCCCCCCCCOC(C)(C)CC. The molecule has 0 N–H and O–H groups in total. The molecule has 0 aliphatic heterocycles. The number of hydrogen-bond donors (Lipinski definition) is 0. The Morgan fingerprint density at radius 1 is 0.400 bits per heavy atom. The standard InChI is InChI=1S/C29H60O/c1-5-7-8-9-10-11-12-13-14-15-16-17-18-19-20-21-22-23-24-25-26-27-28-30-29(3,4)6-2/h5-28H2,1-4H3. The minimum atomic E-state index is 0.0766. The van der Waals surface area contributed by atoms with Gasteiger partial charge in [-0.05, 0) is 26.7 Å². The molecule has 0 heterocycles. The van der Waals surface area contributed by atoms with Gasteiger partial charge in [-0.2, -0.15) is 0 Å². The van der Waals surface area contributed by atoms with E-state index in [0.717, 1.165) is 13.0 Å². The van der Waals surface area contributed by atoms with E-state index in [1.807, 2.05) is 0 Å². The Morgan fingerprint density at radius 2 is 0.667 bits per heavy atom. The van der Waals surface area contributed by atoms with Crippen LogP contribution in [-0.4, -0.2) is 12.2 Å². The van der Waals surface area contributed by atoms with Crippen LogP contribution in [0.15, 0.2) is 0 Å². The van der Waals surface area contributed by atoms with Gasteiger partial charge in [-0.1, -0.05) is 149 Å². The van der Waals surface area contributed by atoms with Crippen LogP contribution in [0.3, 0.4) is 0 Å². The zero-order chi connectivity index (χ0) is 22.2. The van der Waals surface area contributed by atoms with Gasteiger partial charge in [0.1, 0.15) is 0 Å². The van der Waals surface area contributed by atoms with Gasteiger partial charge in [-0.15, -0.1) is 0 Å². The van der Waals surface area contributed by atoms with Crippen molar-refractivity contribution in [1.29, 1.82) is 0 Å². The van der Waals surface area contributed by atoms with Gasteiger partial charge >= 0.3 is 0 Å². The number of unbranched alkanes of at least 4 members (excludes halogenated alkanes) is 21. The predicted octanol–water partition coefficient (Wildman–Crippen LogP) is 10.8. The Hall–Kier alpha value is -0.0400. The summed E-state index contributed by atoms with van der Waals surface area (Å²) in [5, 5.41) is 0. The fourth-order valence-corrected chi connectivity index (χ4v) is 4.16. The number of ether oxygens (including phenoxy) is 1. The van der Waals surface area contributed by atoms with E-state index in [2.05, 4.69) is 27.7 Å². The van der Waals surface area contributed by atoms with Crippen molar-refractivity contribution in [2.75, 3.05) is 6.61 Å². The largest absolute Gasteiger partial charge is 0.376 e. The highest BCUT2D eigenvalue weighted by Crippen LogP contribution is 2.16. The zero-order valence-corrected chi connectivity index (χ0v) is 21.9. The average molecular weight is 425 g/mol. The first-order valence-corrected chi connectivity index (χ1v) is 14.3. The van der Waals surface area contributed by atoms with Crippen molar-refractivity contribution in [2.24, 2.45) is 0 Å². The third-order valence-electron chi connectivity index (χ3n) is 6.84. The van der Waals surface area contributed by atoms with E-state index in [1.165, 1.54) is 141 Å². The van der Waals surface area contributed by atoms with Crippen LogP contribution in [0.4, 0.5) is 0 Å². The lowest BCUT2D eigenvalue weighted by atomic mass is 10.0. The zero-order valence-electron chi connectivity index (χ0n) is 21.9. The van der Waals surface area contributed by atoms with Gasteiger partial charge in [0.15, 0.2) is 0 Å². The summed E-state index contributed by atoms with van der Waals surface area (Å²) in [4.78, 5) is 0. The molecule has 0 aliphatic carbocycles. The molecule has 0 unspecified atom stereocenters. The van der Waals surface area contributed by atoms with E-state index >= 15 is 0 Å². The molecule has 182 valence electrons. The molecule has 0 aromatic heterocycles. The summed E-state index contributed by atoms with van der Waals surface area (Å²) in [6, 6.07) is 0. The molecule has 0 saturated carbocycles. The van der Waals surface area contributed by atoms with Crippen LogP contribution in [0.25, 0.3) is 0 Å². The topological polar surface area (TPSA) is 9.23 Å². The van der Waals surface area contributed by atoms with Crippen molar-refractivity contribution in [3.05, 3.63) is 0 Å². The van der Waals surface area contributed by atoms with Gasteiger partial charge in [-0.3, -0.25) is 0 Å². The lowest BCUT2D eigenvalue weighted by Gasteiger charge is -2.23. The first-order chi connectivity index (χ1) is 14.6. The molecule has 0 amide bonds. The quantitative estimate of drug-likeness (QED) is 0.132. The second kappa shape index (κ2) is 23.6. The fourth-order valence-electron chi connectivity index (χ4n) is 4.16. The molecule has 0 radical (unpaired) electrons. The second-order valence-corrected chi connectivity index (χ2v) is 10.4. The molecule has 1 nitrogen and oxygen atoms in total. The number of hydrogen-bond acceptors (Lipinski definition) is 1. The van der Waals surface area contributed by atoms with Gasteiger partial charge in [-0.25, -0.2) is 0 Å². The van der Waals surface area contributed by atoms with Crippen molar-refractivity contribution in [3.8, 4) is 0 Å². The highest BCUT2D eigenvalue weighted by Gasteiger charge is 2.14. The molecule has 0 rings (SSSR count). The third kappa shape index (κ3) is 24.2. The van der Waals surface area contributed by atoms with Gasteiger partial charge < -0.3 is 4.74 Å². The maximum atomic E-state index is 5.92. The minimum absolute atomic E-state index is 0.0766. The molecule has 1 heteroatoms. The van der Waals surface area contributed by atoms with Crippen molar-refractivity contribution in [2.45, 2.75) is 181 Å². The maximum absolute atomic E-state index is 5.92. The monoisotopic (exact) mass is 424 g/mol. The Balaban J connectivity index is 3.05. The molecule has 0 fully saturated rings. The van der Waals surface area contributed by atoms with Crippen LogP contribution < -0.4 is 0 Å². The van der Waals surface area contributed by atoms with Crippen LogP contribution in [0.2, 0.25) is 0 Å². The van der Waals surface area contributed by atoms with Crippen molar-refractivity contribution < 1.29 is 4.74 Å². The van der Waals surface area contributed by atoms with Crippen molar-refractivity contribution >= 4 is 0 Å². The second-order valence-electron chi connectivity index (χ2n) is 10.4. The van der Waals surface area contributed by atoms with Crippen molar-refractivity contribution in [3.63, 3.8) is 0 Å². The summed E-state index contributed by atoms with van der Waals surface area (Å²) < 4.78 is 5.92. The van der Waals surface area contributed by atoms with E-state index in [9.17, 15) is 0 Å². The summed E-state index contributed by atoms with van der Waals surface area (Å²) in [7, 11) is 0. The van der Waals surface area contributed by atoms with Crippen LogP contribution in [0.5, 0.6) is 0 Å². The highest BCUT2D eigenvalue weighted by molar-refractivity contribution is 4.64. The van der Waals surface area contributed by atoms with Crippen LogP contribution in [0.1, 0.15) is 175 Å². The van der Waals surface area contributed by atoms with Gasteiger partial charge in [0.2, 0.25) is 0 Å². The van der Waals surface area contributed by atoms with Gasteiger partial charge in [0.25, 0.3) is 0 Å². The van der Waals surface area contributed by atoms with E-state index in [1.54, 1.807) is 0 Å². The average Bonchev–Trinajstić information content (AvgIpc) is 2.74. The van der Waals surface area contributed by atoms with Crippen molar-refractivity contribution in [1.82, 2.24) is 0 Å². The molecule has 0 aliphatic rings. The molecule has 0 aromatic rings. The van der Waals surface area contributed by atoms with Crippen LogP contribution in [0, 0.1) is 0 Å². The summed E-state index contributed by atoms with van der Waals surface area (Å²) in [6.07, 6.45) is 32.9. The Labute approximate surface area is 192 Å². The molecule has 0 aromatic carbocycles. The smallest absolute Gasteiger partial charge is 0.0623 e. The summed E-state index contributed by atoms with van der Waals surface area (Å²) in [5.41, 5.74) is 0.0766. The molecule has 0 bridgehead atoms. The third-order valence-corrected chi connectivity index (χ3v) is 6.84. The minimum Gasteiger partial charge on any atom is -0.376 e. The molecular weight excluding hydrogens is 364 g/mol. The lowest BCUT2D eigenvalue weighted by molar-refractivity contribution is -0.0216. The van der Waals surface area contributed by atoms with Gasteiger partial charge in [0, 0.05) is 6.61 Å². The van der Waals surface area contributed by atoms with E-state index in [-0.39, 0.29) is 5.60 Å². The first-order valence-electron chi connectivity index (χ1n) is 14.3. The predicted molar refractivity (Wildman–Crippen MR) is 138 cm³/mol. The molecule has 0 saturated heterocycles. The van der Waals surface area contributed by atoms with Crippen LogP contribution in [-0.2, 0) is 4.74 Å². The summed E-state index contributed by atoms with van der Waals surface area (Å²) in [6.45, 7) is 9.85. The van der Waals surface area contributed by atoms with E-state index in [0.29, 0.717) is 0 Å². The molecule has 30 heavy (non-hydrogen) atoms. The van der Waals surface area contributed by atoms with E-state index < -0.39 is 0 Å². The summed E-state index contributed by atoms with van der Waals surface area (Å²) >= 11 is 0. The Bertz CT molecular complexity index is 309. The van der Waals surface area contributed by atoms with Gasteiger partial charge in [0.05, 0.1) is 5.60 Å². The first kappa shape index (κ1) is 30.0. The molecular formula is C29H60O. The Kier molecular flexibility index (Phi) is 23.6. The normalized spacial score (nSPS) is 12.0.